The predicted octanol–water partition coefficient (Wildman–Crippen LogP) is 6.51. The van der Waals surface area contributed by atoms with Crippen LogP contribution in [0.5, 0.6) is 17.2 Å². The van der Waals surface area contributed by atoms with E-state index < -0.39 is 6.04 Å². The zero-order valence-electron chi connectivity index (χ0n) is 26.0. The zero-order valence-corrected chi connectivity index (χ0v) is 27.6. The number of carbonyl (C=O) groups is 1. The van der Waals surface area contributed by atoms with Gasteiger partial charge in [0.2, 0.25) is 0 Å². The largest absolute Gasteiger partial charge is 0.497 e. The first-order valence-corrected chi connectivity index (χ1v) is 16.2. The van der Waals surface area contributed by atoms with Gasteiger partial charge in [-0.1, -0.05) is 71.5 Å². The topological polar surface area (TPSA) is 91.2 Å². The lowest BCUT2D eigenvalue weighted by Gasteiger charge is -2.25. The summed E-state index contributed by atoms with van der Waals surface area (Å²) < 4.78 is 19.5. The van der Waals surface area contributed by atoms with Gasteiger partial charge in [0.15, 0.2) is 16.3 Å². The molecule has 1 atom stereocenters. The van der Waals surface area contributed by atoms with Crippen LogP contribution in [-0.4, -0.2) is 24.2 Å². The number of nitrogens with one attached hydrogen (secondary N) is 1. The van der Waals surface area contributed by atoms with Gasteiger partial charge in [-0.2, -0.15) is 0 Å². The van der Waals surface area contributed by atoms with E-state index >= 15 is 0 Å². The Morgan fingerprint density at radius 1 is 0.979 bits per heavy atom. The summed E-state index contributed by atoms with van der Waals surface area (Å²) in [5.74, 6) is 1.43. The van der Waals surface area contributed by atoms with E-state index in [0.717, 1.165) is 16.7 Å². The first-order chi connectivity index (χ1) is 22.8. The van der Waals surface area contributed by atoms with Gasteiger partial charge >= 0.3 is 0 Å². The number of anilines is 1. The average Bonchev–Trinajstić information content (AvgIpc) is 3.38. The standard InChI is InChI=1S/C37H32ClN3O5S/c1-4-45-31-19-25(15-18-30(31)46-22-24-13-16-27(38)17-14-24)20-32-36(43)41-34(26-9-8-12-29(21-26)44-3)33(23(2)39-37(41)47-32)35(42)40-28-10-6-5-7-11-28/h5-21,34H,4,22H2,1-3H3,(H,40,42)/b32-20-/t34-/m1/s1. The zero-order chi connectivity index (χ0) is 32.9. The van der Waals surface area contributed by atoms with E-state index in [1.807, 2.05) is 104 Å². The van der Waals surface area contributed by atoms with Crippen molar-refractivity contribution in [2.45, 2.75) is 26.5 Å². The Bertz CT molecular complexity index is 2140. The minimum Gasteiger partial charge on any atom is -0.497 e. The third-order valence-corrected chi connectivity index (χ3v) is 8.82. The lowest BCUT2D eigenvalue weighted by atomic mass is 9.95. The Kier molecular flexibility index (Phi) is 9.56. The van der Waals surface area contributed by atoms with Crippen LogP contribution >= 0.6 is 22.9 Å². The fourth-order valence-corrected chi connectivity index (χ4v) is 6.53. The van der Waals surface area contributed by atoms with Gasteiger partial charge in [0, 0.05) is 10.7 Å². The van der Waals surface area contributed by atoms with Crippen LogP contribution in [0.25, 0.3) is 6.08 Å². The Labute approximate surface area is 280 Å². The summed E-state index contributed by atoms with van der Waals surface area (Å²) in [6.07, 6.45) is 1.81. The first-order valence-electron chi connectivity index (χ1n) is 15.0. The molecular formula is C37H32ClN3O5S. The number of aromatic nitrogens is 1. The van der Waals surface area contributed by atoms with Crippen molar-refractivity contribution >= 4 is 40.6 Å². The second-order valence-corrected chi connectivity index (χ2v) is 12.2. The molecule has 0 radical (unpaired) electrons. The molecule has 0 unspecified atom stereocenters. The van der Waals surface area contributed by atoms with Crippen molar-refractivity contribution in [2.24, 2.45) is 4.99 Å². The third-order valence-electron chi connectivity index (χ3n) is 7.58. The van der Waals surface area contributed by atoms with Crippen LogP contribution in [0.2, 0.25) is 5.02 Å². The first kappa shape index (κ1) is 31.8. The van der Waals surface area contributed by atoms with Gasteiger partial charge in [0.1, 0.15) is 12.4 Å². The highest BCUT2D eigenvalue weighted by Gasteiger charge is 2.32. The van der Waals surface area contributed by atoms with Crippen LogP contribution in [0.4, 0.5) is 5.69 Å². The fourth-order valence-electron chi connectivity index (χ4n) is 5.35. The van der Waals surface area contributed by atoms with Crippen molar-refractivity contribution in [1.29, 1.82) is 0 Å². The molecular weight excluding hydrogens is 634 g/mol. The number of thiazole rings is 1. The molecule has 0 saturated carbocycles. The number of rotatable bonds is 10. The van der Waals surface area contributed by atoms with E-state index in [9.17, 15) is 9.59 Å². The van der Waals surface area contributed by atoms with Crippen molar-refractivity contribution in [2.75, 3.05) is 19.0 Å². The molecule has 0 fully saturated rings. The number of hydrogen-bond acceptors (Lipinski definition) is 7. The van der Waals surface area contributed by atoms with Crippen LogP contribution in [0.15, 0.2) is 118 Å². The number of halogens is 1. The van der Waals surface area contributed by atoms with Crippen LogP contribution in [-0.2, 0) is 11.4 Å². The molecule has 238 valence electrons. The number of methoxy groups -OCH3 is 1. The van der Waals surface area contributed by atoms with Crippen LogP contribution < -0.4 is 34.4 Å². The number of para-hydroxylation sites is 1. The lowest BCUT2D eigenvalue weighted by Crippen LogP contribution is -2.40. The normalized spacial score (nSPS) is 14.3. The summed E-state index contributed by atoms with van der Waals surface area (Å²) in [6, 6.07) is 28.9. The maximum atomic E-state index is 14.2. The highest BCUT2D eigenvalue weighted by Crippen LogP contribution is 2.33. The van der Waals surface area contributed by atoms with E-state index in [0.29, 0.717) is 61.8 Å². The predicted molar refractivity (Wildman–Crippen MR) is 185 cm³/mol. The lowest BCUT2D eigenvalue weighted by molar-refractivity contribution is -0.113. The SMILES string of the molecule is CCOc1cc(/C=c2\sc3n(c2=O)[C@H](c2cccc(OC)c2)C(C(=O)Nc2ccccc2)=C(C)N=3)ccc1OCc1ccc(Cl)cc1. The number of amides is 1. The van der Waals surface area contributed by atoms with Gasteiger partial charge in [0.25, 0.3) is 11.5 Å². The number of carbonyl (C=O) groups excluding carboxylic acids is 1. The summed E-state index contributed by atoms with van der Waals surface area (Å²) in [7, 11) is 1.58. The second-order valence-electron chi connectivity index (χ2n) is 10.7. The molecule has 1 aliphatic rings. The van der Waals surface area contributed by atoms with Gasteiger partial charge in [-0.05, 0) is 85.1 Å². The number of fused-ring (bicyclic) bond motifs is 1. The molecule has 0 saturated heterocycles. The van der Waals surface area contributed by atoms with Crippen LogP contribution in [0.1, 0.15) is 36.6 Å². The van der Waals surface area contributed by atoms with Gasteiger partial charge in [-0.15, -0.1) is 0 Å². The van der Waals surface area contributed by atoms with Gasteiger partial charge in [0.05, 0.1) is 35.6 Å². The van der Waals surface area contributed by atoms with Crippen LogP contribution in [0, 0.1) is 0 Å². The van der Waals surface area contributed by atoms with E-state index in [4.69, 9.17) is 30.8 Å². The molecule has 47 heavy (non-hydrogen) atoms. The molecule has 4 aromatic carbocycles. The second kappa shape index (κ2) is 14.1. The maximum Gasteiger partial charge on any atom is 0.271 e. The Hall–Kier alpha value is -5.12. The quantitative estimate of drug-likeness (QED) is 0.184. The molecule has 6 rings (SSSR count). The molecule has 1 aliphatic heterocycles. The molecule has 10 heteroatoms. The highest BCUT2D eigenvalue weighted by atomic mass is 35.5. The summed E-state index contributed by atoms with van der Waals surface area (Å²) >= 11 is 7.28. The molecule has 8 nitrogen and oxygen atoms in total. The number of hydrogen-bond donors (Lipinski definition) is 1. The highest BCUT2D eigenvalue weighted by molar-refractivity contribution is 7.07. The smallest absolute Gasteiger partial charge is 0.271 e. The molecule has 2 heterocycles. The number of benzene rings is 4. The van der Waals surface area contributed by atoms with E-state index in [1.165, 1.54) is 11.3 Å². The van der Waals surface area contributed by atoms with Crippen molar-refractivity contribution in [3.05, 3.63) is 150 Å². The number of nitrogens with zero attached hydrogens (tertiary/aromatic N) is 2. The molecule has 1 N–H and O–H groups in total. The number of ether oxygens (including phenoxy) is 3. The maximum absolute atomic E-state index is 14.2. The minimum absolute atomic E-state index is 0.264. The van der Waals surface area contributed by atoms with Crippen molar-refractivity contribution in [3.8, 4) is 17.2 Å². The van der Waals surface area contributed by atoms with E-state index in [-0.39, 0.29) is 11.5 Å². The van der Waals surface area contributed by atoms with Crippen molar-refractivity contribution in [3.63, 3.8) is 0 Å². The van der Waals surface area contributed by atoms with E-state index in [1.54, 1.807) is 24.7 Å². The molecule has 1 amide bonds. The summed E-state index contributed by atoms with van der Waals surface area (Å²) in [5.41, 5.74) is 3.74. The molecule has 5 aromatic rings. The minimum atomic E-state index is -0.727. The third kappa shape index (κ3) is 7.01. The fraction of sp³-hybridized carbons (Fsp3) is 0.162. The molecule has 1 aromatic heterocycles. The molecule has 0 spiro atoms. The molecule has 0 aliphatic carbocycles. The Balaban J connectivity index is 1.39. The van der Waals surface area contributed by atoms with Crippen molar-refractivity contribution < 1.29 is 19.0 Å². The van der Waals surface area contributed by atoms with E-state index in [2.05, 4.69) is 5.32 Å². The summed E-state index contributed by atoms with van der Waals surface area (Å²) in [6.45, 7) is 4.48. The monoisotopic (exact) mass is 665 g/mol. The average molecular weight is 666 g/mol. The van der Waals surface area contributed by atoms with Gasteiger partial charge in [-0.25, -0.2) is 4.99 Å². The Morgan fingerprint density at radius 3 is 2.51 bits per heavy atom. The Morgan fingerprint density at radius 2 is 1.77 bits per heavy atom. The number of allylic oxidation sites excluding steroid dienone is 1. The van der Waals surface area contributed by atoms with Crippen molar-refractivity contribution in [1.82, 2.24) is 4.57 Å². The summed E-state index contributed by atoms with van der Waals surface area (Å²) in [4.78, 5) is 33.2. The summed E-state index contributed by atoms with van der Waals surface area (Å²) in [5, 5.41) is 3.64. The van der Waals surface area contributed by atoms with Gasteiger partial charge in [-0.3, -0.25) is 14.2 Å². The van der Waals surface area contributed by atoms with Crippen LogP contribution in [0.3, 0.4) is 0 Å². The van der Waals surface area contributed by atoms with Gasteiger partial charge < -0.3 is 19.5 Å². The molecule has 0 bridgehead atoms.